The van der Waals surface area contributed by atoms with Crippen molar-refractivity contribution in [1.82, 2.24) is 5.32 Å². The molecule has 110 valence electrons. The van der Waals surface area contributed by atoms with Gasteiger partial charge in [-0.3, -0.25) is 10.1 Å². The van der Waals surface area contributed by atoms with Gasteiger partial charge in [0, 0.05) is 11.6 Å². The molecule has 0 aliphatic carbocycles. The molecule has 1 fully saturated rings. The van der Waals surface area contributed by atoms with Gasteiger partial charge < -0.3 is 15.2 Å². The lowest BCUT2D eigenvalue weighted by Gasteiger charge is -2.32. The van der Waals surface area contributed by atoms with Crippen LogP contribution in [-0.2, 0) is 0 Å². The summed E-state index contributed by atoms with van der Waals surface area (Å²) in [6.45, 7) is 5.22. The summed E-state index contributed by atoms with van der Waals surface area (Å²) in [5, 5.41) is 24.4. The third kappa shape index (κ3) is 3.26. The van der Waals surface area contributed by atoms with Crippen LogP contribution in [0.2, 0.25) is 0 Å². The number of aliphatic hydroxyl groups is 1. The monoisotopic (exact) mass is 280 g/mol. The minimum Gasteiger partial charge on any atom is -0.490 e. The summed E-state index contributed by atoms with van der Waals surface area (Å²) < 4.78 is 5.69. The second kappa shape index (κ2) is 5.76. The molecule has 0 saturated carbocycles. The molecule has 0 unspecified atom stereocenters. The van der Waals surface area contributed by atoms with E-state index < -0.39 is 10.5 Å². The molecule has 0 amide bonds. The van der Waals surface area contributed by atoms with Crippen molar-refractivity contribution in [2.45, 2.75) is 32.3 Å². The van der Waals surface area contributed by atoms with Gasteiger partial charge in [0.05, 0.1) is 4.92 Å². The topological polar surface area (TPSA) is 84.6 Å². The molecule has 2 rings (SSSR count). The Morgan fingerprint density at radius 3 is 2.60 bits per heavy atom. The molecular formula is C14H20N2O4. The van der Waals surface area contributed by atoms with Gasteiger partial charge in [-0.2, -0.15) is 0 Å². The maximum Gasteiger partial charge on any atom is 0.272 e. The Hall–Kier alpha value is -1.66. The fourth-order valence-corrected chi connectivity index (χ4v) is 2.38. The molecule has 0 bridgehead atoms. The van der Waals surface area contributed by atoms with Crippen LogP contribution in [0.5, 0.6) is 5.75 Å². The molecule has 0 radical (unpaired) electrons. The number of nitrogens with zero attached hydrogens (tertiary/aromatic N) is 1. The first kappa shape index (κ1) is 14.7. The molecule has 1 saturated heterocycles. The Bertz CT molecular complexity index is 510. The molecule has 20 heavy (non-hydrogen) atoms. The van der Waals surface area contributed by atoms with E-state index in [4.69, 9.17) is 4.74 Å². The molecule has 0 atom stereocenters. The normalized spacial score (nSPS) is 17.8. The Morgan fingerprint density at radius 2 is 2.00 bits per heavy atom. The van der Waals surface area contributed by atoms with E-state index in [1.807, 2.05) is 0 Å². The molecule has 6 heteroatoms. The lowest BCUT2D eigenvalue weighted by molar-refractivity contribution is -0.385. The van der Waals surface area contributed by atoms with E-state index in [9.17, 15) is 15.2 Å². The van der Waals surface area contributed by atoms with Crippen LogP contribution in [0.15, 0.2) is 12.1 Å². The number of nitrogens with one attached hydrogen (secondary N) is 1. The highest BCUT2D eigenvalue weighted by Crippen LogP contribution is 2.29. The van der Waals surface area contributed by atoms with Crippen molar-refractivity contribution in [3.05, 3.63) is 33.4 Å². The van der Waals surface area contributed by atoms with Gasteiger partial charge in [0.15, 0.2) is 0 Å². The minimum atomic E-state index is -0.812. The number of aryl methyl sites for hydroxylation is 2. The first-order valence-corrected chi connectivity index (χ1v) is 6.73. The zero-order chi connectivity index (χ0) is 14.8. The van der Waals surface area contributed by atoms with Gasteiger partial charge >= 0.3 is 0 Å². The van der Waals surface area contributed by atoms with Crippen LogP contribution in [0.25, 0.3) is 0 Å². The Morgan fingerprint density at radius 1 is 1.35 bits per heavy atom. The van der Waals surface area contributed by atoms with Crippen molar-refractivity contribution in [2.24, 2.45) is 0 Å². The zero-order valence-corrected chi connectivity index (χ0v) is 11.8. The summed E-state index contributed by atoms with van der Waals surface area (Å²) in [5.41, 5.74) is 0.552. The first-order valence-electron chi connectivity index (χ1n) is 6.73. The van der Waals surface area contributed by atoms with Crippen LogP contribution in [0.4, 0.5) is 5.69 Å². The number of nitro benzene ring substituents is 1. The fraction of sp³-hybridized carbons (Fsp3) is 0.571. The van der Waals surface area contributed by atoms with Crippen LogP contribution in [0, 0.1) is 24.0 Å². The standard InChI is InChI=1S/C14H20N2O4/c1-10-8-13(11(2)7-12(10)16(18)19)20-9-14(17)3-5-15-6-4-14/h7-8,15,17H,3-6,9H2,1-2H3. The highest BCUT2D eigenvalue weighted by atomic mass is 16.6. The number of ether oxygens (including phenoxy) is 1. The average molecular weight is 280 g/mol. The smallest absolute Gasteiger partial charge is 0.272 e. The van der Waals surface area contributed by atoms with Crippen LogP contribution in [0.3, 0.4) is 0 Å². The molecule has 1 aromatic carbocycles. The summed E-state index contributed by atoms with van der Waals surface area (Å²) in [6.07, 6.45) is 1.30. The molecular weight excluding hydrogens is 260 g/mol. The largest absolute Gasteiger partial charge is 0.490 e. The molecule has 6 nitrogen and oxygen atoms in total. The van der Waals surface area contributed by atoms with E-state index in [1.165, 1.54) is 6.07 Å². The van der Waals surface area contributed by atoms with Crippen LogP contribution in [-0.4, -0.2) is 35.3 Å². The molecule has 2 N–H and O–H groups in total. The lowest BCUT2D eigenvalue weighted by Crippen LogP contribution is -2.46. The number of rotatable bonds is 4. The summed E-state index contributed by atoms with van der Waals surface area (Å²) >= 11 is 0. The van der Waals surface area contributed by atoms with E-state index in [-0.39, 0.29) is 12.3 Å². The minimum absolute atomic E-state index is 0.0930. The second-order valence-electron chi connectivity index (χ2n) is 5.42. The van der Waals surface area contributed by atoms with Gasteiger partial charge in [0.2, 0.25) is 0 Å². The maximum atomic E-state index is 10.9. The molecule has 0 aromatic heterocycles. The van der Waals surface area contributed by atoms with Gasteiger partial charge in [-0.25, -0.2) is 0 Å². The summed E-state index contributed by atoms with van der Waals surface area (Å²) in [4.78, 5) is 10.5. The van der Waals surface area contributed by atoms with Crippen molar-refractivity contribution >= 4 is 5.69 Å². The van der Waals surface area contributed by atoms with E-state index >= 15 is 0 Å². The maximum absolute atomic E-state index is 10.9. The van der Waals surface area contributed by atoms with E-state index in [0.717, 1.165) is 13.1 Å². The third-order valence-corrected chi connectivity index (χ3v) is 3.72. The van der Waals surface area contributed by atoms with Crippen molar-refractivity contribution < 1.29 is 14.8 Å². The Kier molecular flexibility index (Phi) is 4.25. The van der Waals surface area contributed by atoms with Crippen molar-refractivity contribution in [3.8, 4) is 5.75 Å². The molecule has 1 aromatic rings. The third-order valence-electron chi connectivity index (χ3n) is 3.72. The van der Waals surface area contributed by atoms with Gasteiger partial charge in [-0.1, -0.05) is 0 Å². The first-order chi connectivity index (χ1) is 9.41. The number of nitro groups is 1. The fourth-order valence-electron chi connectivity index (χ4n) is 2.38. The van der Waals surface area contributed by atoms with Gasteiger partial charge in [0.25, 0.3) is 5.69 Å². The Balaban J connectivity index is 2.10. The van der Waals surface area contributed by atoms with Crippen LogP contribution >= 0.6 is 0 Å². The van der Waals surface area contributed by atoms with E-state index in [0.29, 0.717) is 29.7 Å². The SMILES string of the molecule is Cc1cc([N+](=O)[O-])c(C)cc1OCC1(O)CCNCC1. The van der Waals surface area contributed by atoms with Gasteiger partial charge in [0.1, 0.15) is 18.0 Å². The molecule has 1 aliphatic heterocycles. The van der Waals surface area contributed by atoms with E-state index in [2.05, 4.69) is 5.32 Å². The highest BCUT2D eigenvalue weighted by molar-refractivity contribution is 5.49. The number of hydrogen-bond donors (Lipinski definition) is 2. The van der Waals surface area contributed by atoms with Crippen molar-refractivity contribution in [2.75, 3.05) is 19.7 Å². The highest BCUT2D eigenvalue weighted by Gasteiger charge is 2.30. The number of hydrogen-bond acceptors (Lipinski definition) is 5. The Labute approximate surface area is 117 Å². The number of benzene rings is 1. The second-order valence-corrected chi connectivity index (χ2v) is 5.42. The predicted molar refractivity (Wildman–Crippen MR) is 75.1 cm³/mol. The summed E-state index contributed by atoms with van der Waals surface area (Å²) in [7, 11) is 0. The quantitative estimate of drug-likeness (QED) is 0.648. The summed E-state index contributed by atoms with van der Waals surface area (Å²) in [6, 6.07) is 3.18. The predicted octanol–water partition coefficient (Wildman–Crippen LogP) is 1.70. The summed E-state index contributed by atoms with van der Waals surface area (Å²) in [5.74, 6) is 0.597. The van der Waals surface area contributed by atoms with Gasteiger partial charge in [-0.15, -0.1) is 0 Å². The van der Waals surface area contributed by atoms with Crippen LogP contribution < -0.4 is 10.1 Å². The molecule has 1 aliphatic rings. The van der Waals surface area contributed by atoms with Gasteiger partial charge in [-0.05, 0) is 51.4 Å². The molecule has 0 spiro atoms. The average Bonchev–Trinajstić information content (AvgIpc) is 2.40. The number of piperidine rings is 1. The lowest BCUT2D eigenvalue weighted by atomic mass is 9.93. The zero-order valence-electron chi connectivity index (χ0n) is 11.8. The van der Waals surface area contributed by atoms with E-state index in [1.54, 1.807) is 19.9 Å². The van der Waals surface area contributed by atoms with Crippen molar-refractivity contribution in [3.63, 3.8) is 0 Å². The molecule has 1 heterocycles. The van der Waals surface area contributed by atoms with Crippen molar-refractivity contribution in [1.29, 1.82) is 0 Å². The van der Waals surface area contributed by atoms with Crippen LogP contribution in [0.1, 0.15) is 24.0 Å².